The summed E-state index contributed by atoms with van der Waals surface area (Å²) in [4.78, 5) is 73.1. The molecule has 612 valence electrons. The average molecular weight is 1510 g/mol. The third-order valence-corrected chi connectivity index (χ3v) is 21.5. The number of unbranched alkanes of at least 4 members (excludes halogenated alkanes) is 50. The van der Waals surface area contributed by atoms with Crippen LogP contribution in [-0.4, -0.2) is 96.7 Å². The Labute approximate surface area is 632 Å². The van der Waals surface area contributed by atoms with Crippen molar-refractivity contribution in [3.05, 3.63) is 0 Å². The molecule has 0 amide bonds. The number of phosphoric acid groups is 2. The van der Waals surface area contributed by atoms with E-state index in [1.807, 2.05) is 0 Å². The van der Waals surface area contributed by atoms with E-state index < -0.39 is 97.5 Å². The van der Waals surface area contributed by atoms with Gasteiger partial charge < -0.3 is 33.8 Å². The molecular weight excluding hydrogens is 1340 g/mol. The lowest BCUT2D eigenvalue weighted by molar-refractivity contribution is -0.161. The second kappa shape index (κ2) is 74.2. The van der Waals surface area contributed by atoms with Gasteiger partial charge in [0.1, 0.15) is 19.3 Å². The minimum absolute atomic E-state index is 0.108. The number of aliphatic hydroxyl groups excluding tert-OH is 1. The van der Waals surface area contributed by atoms with Gasteiger partial charge in [-0.05, 0) is 43.4 Å². The summed E-state index contributed by atoms with van der Waals surface area (Å²) in [5.74, 6) is 0.231. The quantitative estimate of drug-likeness (QED) is 0.0222. The van der Waals surface area contributed by atoms with Gasteiger partial charge in [-0.2, -0.15) is 0 Å². The molecule has 0 aliphatic carbocycles. The second-order valence-corrected chi connectivity index (χ2v) is 34.6. The van der Waals surface area contributed by atoms with Crippen molar-refractivity contribution in [2.45, 2.75) is 458 Å². The van der Waals surface area contributed by atoms with Gasteiger partial charge in [-0.25, -0.2) is 9.13 Å². The number of phosphoric ester groups is 2. The normalized spacial score (nSPS) is 13.9. The van der Waals surface area contributed by atoms with Gasteiger partial charge in [0.15, 0.2) is 12.2 Å². The first-order chi connectivity index (χ1) is 49.7. The lowest BCUT2D eigenvalue weighted by Gasteiger charge is -2.21. The molecule has 2 unspecified atom stereocenters. The highest BCUT2D eigenvalue weighted by atomic mass is 31.2. The molecule has 0 rings (SSSR count). The van der Waals surface area contributed by atoms with Gasteiger partial charge in [0.05, 0.1) is 26.4 Å². The van der Waals surface area contributed by atoms with E-state index in [4.69, 9.17) is 37.0 Å². The number of rotatable bonds is 82. The molecule has 0 aliphatic rings. The fourth-order valence-corrected chi connectivity index (χ4v) is 14.6. The zero-order valence-corrected chi connectivity index (χ0v) is 69.6. The van der Waals surface area contributed by atoms with Crippen LogP contribution in [-0.2, 0) is 65.4 Å². The summed E-state index contributed by atoms with van der Waals surface area (Å²) in [6.45, 7) is 12.0. The van der Waals surface area contributed by atoms with Crippen LogP contribution in [0.15, 0.2) is 0 Å². The van der Waals surface area contributed by atoms with E-state index in [9.17, 15) is 43.2 Å². The Morgan fingerprint density at radius 2 is 0.447 bits per heavy atom. The number of ether oxygens (including phenoxy) is 4. The van der Waals surface area contributed by atoms with Crippen molar-refractivity contribution in [1.29, 1.82) is 0 Å². The zero-order chi connectivity index (χ0) is 75.8. The van der Waals surface area contributed by atoms with Crippen LogP contribution in [0, 0.1) is 17.8 Å². The zero-order valence-electron chi connectivity index (χ0n) is 67.8. The maximum absolute atomic E-state index is 13.1. The number of carbonyl (C=O) groups is 4. The maximum atomic E-state index is 13.1. The number of hydrogen-bond donors (Lipinski definition) is 3. The lowest BCUT2D eigenvalue weighted by atomic mass is 10.0. The highest BCUT2D eigenvalue weighted by molar-refractivity contribution is 7.47. The van der Waals surface area contributed by atoms with E-state index in [0.29, 0.717) is 25.7 Å². The van der Waals surface area contributed by atoms with Crippen LogP contribution in [0.4, 0.5) is 0 Å². The number of aliphatic hydroxyl groups is 1. The van der Waals surface area contributed by atoms with Crippen LogP contribution >= 0.6 is 15.6 Å². The van der Waals surface area contributed by atoms with Crippen molar-refractivity contribution in [3.63, 3.8) is 0 Å². The first-order valence-electron chi connectivity index (χ1n) is 43.3. The van der Waals surface area contributed by atoms with E-state index in [1.54, 1.807) is 0 Å². The van der Waals surface area contributed by atoms with E-state index in [0.717, 1.165) is 108 Å². The first-order valence-corrected chi connectivity index (χ1v) is 46.3. The molecule has 0 aromatic carbocycles. The Morgan fingerprint density at radius 1 is 0.262 bits per heavy atom. The summed E-state index contributed by atoms with van der Waals surface area (Å²) in [5, 5.41) is 10.7. The third kappa shape index (κ3) is 78.0. The van der Waals surface area contributed by atoms with Gasteiger partial charge in [0.25, 0.3) is 0 Å². The summed E-state index contributed by atoms with van der Waals surface area (Å²) in [5.41, 5.74) is 0. The lowest BCUT2D eigenvalue weighted by Crippen LogP contribution is -2.30. The molecular formula is C84H164O17P2. The van der Waals surface area contributed by atoms with Gasteiger partial charge in [-0.1, -0.05) is 389 Å². The summed E-state index contributed by atoms with van der Waals surface area (Å²) < 4.78 is 68.8. The van der Waals surface area contributed by atoms with Crippen LogP contribution in [0.1, 0.15) is 440 Å². The van der Waals surface area contributed by atoms with Crippen molar-refractivity contribution in [3.8, 4) is 0 Å². The SMILES string of the molecule is CCCCCCCCCCCCCCCCCC(=O)O[C@H](COC(=O)CCCCCCCCCCC(C)C)COP(=O)(O)OC[C@H](O)COP(=O)(O)OC[C@@H](COC(=O)CCCCCCCCCCCCCCCC(C)C)OC(=O)CCCCCCCCCCCCCCCCCCCCC(C)C. The Morgan fingerprint density at radius 3 is 0.660 bits per heavy atom. The predicted molar refractivity (Wildman–Crippen MR) is 423 cm³/mol. The average Bonchev–Trinajstić information content (AvgIpc) is 0.919. The van der Waals surface area contributed by atoms with Crippen molar-refractivity contribution < 1.29 is 80.2 Å². The first kappa shape index (κ1) is 101. The molecule has 0 aromatic heterocycles. The second-order valence-electron chi connectivity index (χ2n) is 31.6. The molecule has 0 radical (unpaired) electrons. The minimum Gasteiger partial charge on any atom is -0.462 e. The van der Waals surface area contributed by atoms with E-state index in [2.05, 4.69) is 48.5 Å². The van der Waals surface area contributed by atoms with Crippen LogP contribution < -0.4 is 0 Å². The highest BCUT2D eigenvalue weighted by Crippen LogP contribution is 2.45. The predicted octanol–water partition coefficient (Wildman–Crippen LogP) is 25.3. The molecule has 0 aliphatic heterocycles. The number of carbonyl (C=O) groups excluding carboxylic acids is 4. The fourth-order valence-electron chi connectivity index (χ4n) is 13.0. The maximum Gasteiger partial charge on any atom is 0.472 e. The molecule has 0 aromatic rings. The van der Waals surface area contributed by atoms with Crippen molar-refractivity contribution >= 4 is 39.5 Å². The van der Waals surface area contributed by atoms with Crippen LogP contribution in [0.3, 0.4) is 0 Å². The van der Waals surface area contributed by atoms with Gasteiger partial charge in [0.2, 0.25) is 0 Å². The Balaban J connectivity index is 5.24. The largest absolute Gasteiger partial charge is 0.472 e. The molecule has 0 heterocycles. The van der Waals surface area contributed by atoms with Crippen LogP contribution in [0.5, 0.6) is 0 Å². The number of hydrogen-bond acceptors (Lipinski definition) is 15. The molecule has 103 heavy (non-hydrogen) atoms. The van der Waals surface area contributed by atoms with Crippen molar-refractivity contribution in [2.75, 3.05) is 39.6 Å². The van der Waals surface area contributed by atoms with Crippen LogP contribution in [0.25, 0.3) is 0 Å². The standard InChI is InChI=1S/C84H164O17P2/c1-8-9-10-11-12-13-14-15-20-26-32-37-46-53-60-67-84(89)101-80(72-95-82(87)66-59-52-45-40-39-43-50-57-64-77(6)7)74-99-103(92,93)97-70-78(85)69-96-102(90,91)98-73-79(71-94-81(86)65-58-51-44-36-31-28-23-25-30-35-42-49-56-63-76(4)5)100-83(88)68-61-54-47-38-33-27-22-19-17-16-18-21-24-29-34-41-48-55-62-75(2)3/h75-80,85H,8-74H2,1-7H3,(H,90,91)(H,92,93)/t78-,79-,80-/m1/s1. The Hall–Kier alpha value is -1.94. The van der Waals surface area contributed by atoms with E-state index >= 15 is 0 Å². The van der Waals surface area contributed by atoms with E-state index in [-0.39, 0.29) is 25.7 Å². The molecule has 19 heteroatoms. The highest BCUT2D eigenvalue weighted by Gasteiger charge is 2.30. The molecule has 3 N–H and O–H groups in total. The third-order valence-electron chi connectivity index (χ3n) is 19.6. The molecule has 0 bridgehead atoms. The molecule has 0 saturated carbocycles. The Bertz CT molecular complexity index is 1990. The van der Waals surface area contributed by atoms with Gasteiger partial charge in [-0.3, -0.25) is 37.3 Å². The molecule has 0 spiro atoms. The summed E-state index contributed by atoms with van der Waals surface area (Å²) >= 11 is 0. The molecule has 0 fully saturated rings. The van der Waals surface area contributed by atoms with E-state index in [1.165, 1.54) is 250 Å². The topological polar surface area (TPSA) is 237 Å². The van der Waals surface area contributed by atoms with Gasteiger partial charge >= 0.3 is 39.5 Å². The van der Waals surface area contributed by atoms with Gasteiger partial charge in [0, 0.05) is 25.7 Å². The summed E-state index contributed by atoms with van der Waals surface area (Å²) in [6, 6.07) is 0. The molecule has 17 nitrogen and oxygen atoms in total. The Kier molecular flexibility index (Phi) is 72.8. The molecule has 5 atom stereocenters. The monoisotopic (exact) mass is 1510 g/mol. The molecule has 0 saturated heterocycles. The van der Waals surface area contributed by atoms with Crippen molar-refractivity contribution in [2.24, 2.45) is 17.8 Å². The van der Waals surface area contributed by atoms with Crippen molar-refractivity contribution in [1.82, 2.24) is 0 Å². The summed E-state index contributed by atoms with van der Waals surface area (Å²) in [6.07, 6.45) is 63.8. The number of esters is 4. The van der Waals surface area contributed by atoms with Gasteiger partial charge in [-0.15, -0.1) is 0 Å². The minimum atomic E-state index is -4.96. The fraction of sp³-hybridized carbons (Fsp3) is 0.952. The smallest absolute Gasteiger partial charge is 0.462 e. The van der Waals surface area contributed by atoms with Crippen LogP contribution in [0.2, 0.25) is 0 Å². The summed E-state index contributed by atoms with van der Waals surface area (Å²) in [7, 11) is -9.93.